The normalized spacial score (nSPS) is 15.8. The van der Waals surface area contributed by atoms with E-state index in [1.165, 1.54) is 11.8 Å². The van der Waals surface area contributed by atoms with Crippen LogP contribution in [0.3, 0.4) is 0 Å². The van der Waals surface area contributed by atoms with Gasteiger partial charge in [-0.1, -0.05) is 41.4 Å². The average molecular weight is 721 g/mol. The maximum absolute atomic E-state index is 12.5. The molecule has 4 rings (SSSR count). The van der Waals surface area contributed by atoms with E-state index in [0.29, 0.717) is 26.7 Å². The van der Waals surface area contributed by atoms with Gasteiger partial charge in [0.1, 0.15) is 12.4 Å². The van der Waals surface area contributed by atoms with E-state index in [1.807, 2.05) is 67.6 Å². The van der Waals surface area contributed by atoms with Crippen LogP contribution in [-0.4, -0.2) is 11.1 Å². The van der Waals surface area contributed by atoms with Crippen LogP contribution in [0.2, 0.25) is 10.0 Å². The topological polar surface area (TPSA) is 50.7 Å². The van der Waals surface area contributed by atoms with Gasteiger partial charge in [0.2, 0.25) is 0 Å². The molecule has 0 bridgehead atoms. The second-order valence-electron chi connectivity index (χ2n) is 7.09. The van der Waals surface area contributed by atoms with Gasteiger partial charge in [-0.2, -0.15) is 0 Å². The molecule has 0 saturated carbocycles. The standard InChI is InChI=1S/C24H16Cl2I2N2O2S/c1-13-17(26)3-2-4-20(13)29-24-30-23(31)21(33-24)11-15-9-18(27)22(19(28)10-15)32-12-14-5-7-16(25)8-6-14/h2-11H,12H2,1H3,(H,29,30,31)/b21-11+. The number of ether oxygens (including phenoxy) is 1. The first-order valence-electron chi connectivity index (χ1n) is 9.71. The van der Waals surface area contributed by atoms with Gasteiger partial charge in [0.25, 0.3) is 5.91 Å². The van der Waals surface area contributed by atoms with Crippen molar-refractivity contribution in [2.24, 2.45) is 4.99 Å². The molecule has 4 nitrogen and oxygen atoms in total. The van der Waals surface area contributed by atoms with Gasteiger partial charge in [-0.05, 0) is 123 Å². The highest BCUT2D eigenvalue weighted by atomic mass is 127. The van der Waals surface area contributed by atoms with Crippen LogP contribution in [0, 0.1) is 14.1 Å². The van der Waals surface area contributed by atoms with Gasteiger partial charge in [-0.15, -0.1) is 0 Å². The Morgan fingerprint density at radius 3 is 2.48 bits per heavy atom. The van der Waals surface area contributed by atoms with E-state index in [9.17, 15) is 4.79 Å². The molecule has 1 N–H and O–H groups in total. The Morgan fingerprint density at radius 2 is 1.79 bits per heavy atom. The molecule has 1 aliphatic rings. The fraction of sp³-hybridized carbons (Fsp3) is 0.0833. The first-order chi connectivity index (χ1) is 15.8. The van der Waals surface area contributed by atoms with Crippen molar-refractivity contribution in [2.45, 2.75) is 13.5 Å². The Hall–Kier alpha value is -1.27. The number of amides is 1. The van der Waals surface area contributed by atoms with Crippen LogP contribution in [0.4, 0.5) is 5.69 Å². The Balaban J connectivity index is 1.51. The number of carbonyl (C=O) groups excluding carboxylic acids is 1. The van der Waals surface area contributed by atoms with Crippen LogP contribution in [0.15, 0.2) is 64.5 Å². The van der Waals surface area contributed by atoms with Crippen LogP contribution in [0.25, 0.3) is 6.08 Å². The van der Waals surface area contributed by atoms with Crippen LogP contribution in [-0.2, 0) is 11.4 Å². The zero-order chi connectivity index (χ0) is 23.5. The monoisotopic (exact) mass is 720 g/mol. The largest absolute Gasteiger partial charge is 0.487 e. The first kappa shape index (κ1) is 24.8. The number of hydrogen-bond acceptors (Lipinski definition) is 4. The zero-order valence-corrected chi connectivity index (χ0v) is 23.8. The van der Waals surface area contributed by atoms with Crippen molar-refractivity contribution in [3.63, 3.8) is 0 Å². The Labute approximate surface area is 233 Å². The molecule has 3 aromatic rings. The van der Waals surface area contributed by atoms with Gasteiger partial charge in [0, 0.05) is 10.0 Å². The third kappa shape index (κ3) is 6.25. The summed E-state index contributed by atoms with van der Waals surface area (Å²) in [7, 11) is 0. The Bertz CT molecular complexity index is 1270. The number of nitrogens with one attached hydrogen (secondary N) is 1. The van der Waals surface area contributed by atoms with E-state index in [-0.39, 0.29) is 5.91 Å². The van der Waals surface area contributed by atoms with E-state index in [0.717, 1.165) is 35.3 Å². The molecule has 33 heavy (non-hydrogen) atoms. The Morgan fingerprint density at radius 1 is 1.09 bits per heavy atom. The highest BCUT2D eigenvalue weighted by Crippen LogP contribution is 2.34. The molecule has 168 valence electrons. The van der Waals surface area contributed by atoms with Crippen molar-refractivity contribution in [3.8, 4) is 5.75 Å². The summed E-state index contributed by atoms with van der Waals surface area (Å²) in [6.45, 7) is 2.35. The molecule has 0 aromatic heterocycles. The predicted octanol–water partition coefficient (Wildman–Crippen LogP) is 7.98. The highest BCUT2D eigenvalue weighted by molar-refractivity contribution is 14.1. The summed E-state index contributed by atoms with van der Waals surface area (Å²) in [5.74, 6) is 0.641. The van der Waals surface area contributed by atoms with E-state index in [2.05, 4.69) is 55.5 Å². The summed E-state index contributed by atoms with van der Waals surface area (Å²) in [6, 6.07) is 17.1. The van der Waals surface area contributed by atoms with E-state index in [4.69, 9.17) is 27.9 Å². The van der Waals surface area contributed by atoms with Crippen LogP contribution in [0.5, 0.6) is 5.75 Å². The van der Waals surface area contributed by atoms with Crippen LogP contribution in [0.1, 0.15) is 16.7 Å². The lowest BCUT2D eigenvalue weighted by Gasteiger charge is -2.12. The fourth-order valence-electron chi connectivity index (χ4n) is 3.00. The van der Waals surface area contributed by atoms with Crippen molar-refractivity contribution in [3.05, 3.63) is 93.4 Å². The van der Waals surface area contributed by atoms with Crippen molar-refractivity contribution in [1.82, 2.24) is 5.32 Å². The second kappa shape index (κ2) is 11.0. The van der Waals surface area contributed by atoms with Crippen molar-refractivity contribution >= 4 is 103 Å². The van der Waals surface area contributed by atoms with Gasteiger partial charge in [0.05, 0.1) is 17.7 Å². The molecule has 0 radical (unpaired) electrons. The van der Waals surface area contributed by atoms with Gasteiger partial charge < -0.3 is 10.1 Å². The predicted molar refractivity (Wildman–Crippen MR) is 155 cm³/mol. The molecule has 0 atom stereocenters. The molecule has 1 fully saturated rings. The van der Waals surface area contributed by atoms with Crippen molar-refractivity contribution in [1.29, 1.82) is 0 Å². The molecule has 3 aromatic carbocycles. The molecule has 1 heterocycles. The van der Waals surface area contributed by atoms with Gasteiger partial charge >= 0.3 is 0 Å². The molecule has 1 saturated heterocycles. The average Bonchev–Trinajstić information content (AvgIpc) is 3.10. The summed E-state index contributed by atoms with van der Waals surface area (Å²) in [5, 5.41) is 4.70. The first-order valence-corrected chi connectivity index (χ1v) is 13.4. The Kier molecular flexibility index (Phi) is 8.27. The minimum absolute atomic E-state index is 0.175. The van der Waals surface area contributed by atoms with Crippen molar-refractivity contribution in [2.75, 3.05) is 0 Å². The summed E-state index contributed by atoms with van der Waals surface area (Å²) >= 11 is 17.9. The number of thioether (sulfide) groups is 1. The number of rotatable bonds is 5. The summed E-state index contributed by atoms with van der Waals surface area (Å²) in [5.41, 5.74) is 3.56. The third-order valence-electron chi connectivity index (χ3n) is 4.73. The number of nitrogens with zero attached hydrogens (tertiary/aromatic N) is 1. The highest BCUT2D eigenvalue weighted by Gasteiger charge is 2.24. The zero-order valence-electron chi connectivity index (χ0n) is 17.2. The van der Waals surface area contributed by atoms with E-state index < -0.39 is 0 Å². The smallest absolute Gasteiger partial charge is 0.264 e. The van der Waals surface area contributed by atoms with Gasteiger partial charge in [-0.3, -0.25) is 4.79 Å². The molecule has 1 aliphatic heterocycles. The minimum Gasteiger partial charge on any atom is -0.487 e. The van der Waals surface area contributed by atoms with E-state index >= 15 is 0 Å². The lowest BCUT2D eigenvalue weighted by Crippen LogP contribution is -2.19. The SMILES string of the molecule is Cc1c(Cl)cccc1N=C1NC(=O)/C(=C\c2cc(I)c(OCc3ccc(Cl)cc3)c(I)c2)S1. The molecule has 1 amide bonds. The van der Waals surface area contributed by atoms with E-state index in [1.54, 1.807) is 0 Å². The number of halogens is 4. The number of aliphatic imine (C=N–C) groups is 1. The maximum atomic E-state index is 12.5. The molecular formula is C24H16Cl2I2N2O2S. The second-order valence-corrected chi connectivity index (χ2v) is 11.3. The molecule has 0 unspecified atom stereocenters. The lowest BCUT2D eigenvalue weighted by molar-refractivity contribution is -0.115. The minimum atomic E-state index is -0.175. The van der Waals surface area contributed by atoms with Crippen LogP contribution < -0.4 is 10.1 Å². The van der Waals surface area contributed by atoms with Gasteiger partial charge in [0.15, 0.2) is 5.17 Å². The fourth-order valence-corrected chi connectivity index (χ4v) is 6.25. The molecular weight excluding hydrogens is 705 g/mol. The molecule has 0 aliphatic carbocycles. The summed E-state index contributed by atoms with van der Waals surface area (Å²) < 4.78 is 7.98. The molecule has 0 spiro atoms. The quantitative estimate of drug-likeness (QED) is 0.215. The van der Waals surface area contributed by atoms with Crippen LogP contribution >= 0.6 is 80.1 Å². The number of carbonyl (C=O) groups is 1. The number of hydrogen-bond donors (Lipinski definition) is 1. The third-order valence-corrected chi connectivity index (χ3v) is 7.90. The number of amidine groups is 1. The maximum Gasteiger partial charge on any atom is 0.264 e. The number of benzene rings is 3. The van der Waals surface area contributed by atoms with Crippen molar-refractivity contribution < 1.29 is 9.53 Å². The summed E-state index contributed by atoms with van der Waals surface area (Å²) in [4.78, 5) is 17.6. The van der Waals surface area contributed by atoms with Gasteiger partial charge in [-0.25, -0.2) is 4.99 Å². The lowest BCUT2D eigenvalue weighted by atomic mass is 10.2. The summed E-state index contributed by atoms with van der Waals surface area (Å²) in [6.07, 6.45) is 1.86. The molecule has 9 heteroatoms.